The van der Waals surface area contributed by atoms with E-state index in [9.17, 15) is 0 Å². The van der Waals surface area contributed by atoms with E-state index < -0.39 is 0 Å². The van der Waals surface area contributed by atoms with Gasteiger partial charge in [0, 0.05) is 32.4 Å². The van der Waals surface area contributed by atoms with Crippen molar-refractivity contribution in [3.63, 3.8) is 0 Å². The van der Waals surface area contributed by atoms with E-state index in [2.05, 4.69) is 34.1 Å². The summed E-state index contributed by atoms with van der Waals surface area (Å²) in [4.78, 5) is 10.0. The number of methoxy groups -OCH3 is 1. The molecule has 182 valence electrons. The molecule has 0 saturated carbocycles. The predicted octanol–water partition coefficient (Wildman–Crippen LogP) is 8.08. The lowest BCUT2D eigenvalue weighted by Crippen LogP contribution is -2.21. The molecule has 2 heterocycles. The molecule has 5 nitrogen and oxygen atoms in total. The topological polar surface area (TPSA) is 50.6 Å². The fourth-order valence-electron chi connectivity index (χ4n) is 4.70. The van der Waals surface area contributed by atoms with E-state index in [4.69, 9.17) is 31.4 Å². The molecule has 1 aliphatic heterocycles. The number of fused-ring (bicyclic) bond motifs is 1. The zero-order chi connectivity index (χ0) is 25.4. The number of para-hydroxylation sites is 1. The number of rotatable bonds is 5. The van der Waals surface area contributed by atoms with Gasteiger partial charge in [-0.25, -0.2) is 15.0 Å². The largest absolute Gasteiger partial charge is 0.496 e. The summed E-state index contributed by atoms with van der Waals surface area (Å²) in [7, 11) is 1.69. The van der Waals surface area contributed by atoms with Crippen LogP contribution in [0.4, 0.5) is 5.95 Å². The van der Waals surface area contributed by atoms with Crippen LogP contribution in [0.25, 0.3) is 22.2 Å². The van der Waals surface area contributed by atoms with Crippen molar-refractivity contribution >= 4 is 50.1 Å². The zero-order valence-electron chi connectivity index (χ0n) is 20.0. The molecular formula is C30H22BrClN4O. The van der Waals surface area contributed by atoms with Gasteiger partial charge in [-0.2, -0.15) is 5.10 Å². The van der Waals surface area contributed by atoms with E-state index in [1.165, 1.54) is 0 Å². The third-order valence-corrected chi connectivity index (χ3v) is 7.25. The van der Waals surface area contributed by atoms with Gasteiger partial charge in [-0.1, -0.05) is 88.2 Å². The molecular weight excluding hydrogens is 548 g/mol. The summed E-state index contributed by atoms with van der Waals surface area (Å²) in [6.45, 7) is 0. The van der Waals surface area contributed by atoms with Crippen LogP contribution in [0.5, 0.6) is 5.75 Å². The Morgan fingerprint density at radius 3 is 2.41 bits per heavy atom. The van der Waals surface area contributed by atoms with Gasteiger partial charge in [-0.05, 0) is 42.0 Å². The second kappa shape index (κ2) is 9.96. The van der Waals surface area contributed by atoms with Crippen molar-refractivity contribution in [2.75, 3.05) is 12.1 Å². The molecule has 7 heteroatoms. The fraction of sp³-hybridized carbons (Fsp3) is 0.100. The SMILES string of the molecule is COc1ccccc1C1CC(c2ccc(Br)cc2)=NN1c1nc(-c2ccccc2)c2cc(Cl)ccc2n1. The molecule has 1 aromatic heterocycles. The Labute approximate surface area is 228 Å². The first-order valence-electron chi connectivity index (χ1n) is 11.9. The maximum atomic E-state index is 6.37. The molecule has 1 atom stereocenters. The van der Waals surface area contributed by atoms with E-state index in [0.29, 0.717) is 17.4 Å². The van der Waals surface area contributed by atoms with Gasteiger partial charge in [-0.3, -0.25) is 0 Å². The maximum absolute atomic E-state index is 6.37. The van der Waals surface area contributed by atoms with E-state index in [1.807, 2.05) is 83.9 Å². The minimum Gasteiger partial charge on any atom is -0.496 e. The van der Waals surface area contributed by atoms with Crippen LogP contribution < -0.4 is 9.75 Å². The lowest BCUT2D eigenvalue weighted by molar-refractivity contribution is 0.405. The molecule has 5 aromatic rings. The Hall–Kier alpha value is -3.74. The van der Waals surface area contributed by atoms with E-state index in [0.717, 1.165) is 49.2 Å². The second-order valence-electron chi connectivity index (χ2n) is 8.76. The second-order valence-corrected chi connectivity index (χ2v) is 10.1. The summed E-state index contributed by atoms with van der Waals surface area (Å²) in [5.41, 5.74) is 5.66. The standard InChI is InChI=1S/C30H22BrClN4O/c1-37-28-10-6-5-9-23(28)27-18-26(19-11-13-21(31)14-12-19)35-36(27)30-33-25-16-15-22(32)17-24(25)29(34-30)20-7-3-2-4-8-20/h2-17,27H,18H2,1H3. The number of hydrazone groups is 1. The Morgan fingerprint density at radius 2 is 1.62 bits per heavy atom. The summed E-state index contributed by atoms with van der Waals surface area (Å²) in [5.74, 6) is 1.33. The number of benzene rings is 4. The third kappa shape index (κ3) is 4.59. The zero-order valence-corrected chi connectivity index (χ0v) is 22.3. The monoisotopic (exact) mass is 568 g/mol. The van der Waals surface area contributed by atoms with Crippen LogP contribution in [0.1, 0.15) is 23.6 Å². The Morgan fingerprint density at radius 1 is 0.865 bits per heavy atom. The van der Waals surface area contributed by atoms with Crippen LogP contribution in [0.2, 0.25) is 5.02 Å². The fourth-order valence-corrected chi connectivity index (χ4v) is 5.14. The minimum atomic E-state index is -0.136. The van der Waals surface area contributed by atoms with E-state index in [-0.39, 0.29) is 6.04 Å². The predicted molar refractivity (Wildman–Crippen MR) is 153 cm³/mol. The molecule has 0 fully saturated rings. The third-order valence-electron chi connectivity index (χ3n) is 6.48. The van der Waals surface area contributed by atoms with Crippen LogP contribution in [0.3, 0.4) is 0 Å². The molecule has 1 unspecified atom stereocenters. The number of halogens is 2. The normalized spacial score (nSPS) is 15.2. The molecule has 0 N–H and O–H groups in total. The van der Waals surface area contributed by atoms with Crippen molar-refractivity contribution in [2.24, 2.45) is 5.10 Å². The summed E-state index contributed by atoms with van der Waals surface area (Å²) in [6, 6.07) is 31.9. The van der Waals surface area contributed by atoms with Gasteiger partial charge in [0.2, 0.25) is 5.95 Å². The van der Waals surface area contributed by atoms with Gasteiger partial charge in [0.25, 0.3) is 0 Å². The van der Waals surface area contributed by atoms with Crippen molar-refractivity contribution in [1.29, 1.82) is 0 Å². The number of aromatic nitrogens is 2. The van der Waals surface area contributed by atoms with Crippen LogP contribution >= 0.6 is 27.5 Å². The first-order chi connectivity index (χ1) is 18.1. The minimum absolute atomic E-state index is 0.136. The average Bonchev–Trinajstić information content (AvgIpc) is 3.38. The number of ether oxygens (including phenoxy) is 1. The van der Waals surface area contributed by atoms with Crippen LogP contribution in [0.15, 0.2) is 107 Å². The Bertz CT molecular complexity index is 1620. The molecule has 0 aliphatic carbocycles. The molecule has 0 spiro atoms. The molecule has 0 saturated heterocycles. The number of hydrogen-bond acceptors (Lipinski definition) is 5. The molecule has 0 amide bonds. The van der Waals surface area contributed by atoms with Crippen LogP contribution in [-0.4, -0.2) is 22.8 Å². The van der Waals surface area contributed by atoms with Crippen molar-refractivity contribution in [2.45, 2.75) is 12.5 Å². The smallest absolute Gasteiger partial charge is 0.247 e. The van der Waals surface area contributed by atoms with Gasteiger partial charge in [0.05, 0.1) is 30.1 Å². The van der Waals surface area contributed by atoms with Gasteiger partial charge < -0.3 is 4.74 Å². The van der Waals surface area contributed by atoms with Crippen molar-refractivity contribution in [3.05, 3.63) is 118 Å². The van der Waals surface area contributed by atoms with Crippen molar-refractivity contribution in [3.8, 4) is 17.0 Å². The molecule has 6 rings (SSSR count). The van der Waals surface area contributed by atoms with E-state index >= 15 is 0 Å². The molecule has 37 heavy (non-hydrogen) atoms. The highest BCUT2D eigenvalue weighted by molar-refractivity contribution is 9.10. The summed E-state index contributed by atoms with van der Waals surface area (Å²) < 4.78 is 6.76. The molecule has 1 aliphatic rings. The lowest BCUT2D eigenvalue weighted by Gasteiger charge is -2.24. The molecule has 4 aromatic carbocycles. The lowest BCUT2D eigenvalue weighted by atomic mass is 9.98. The molecule has 0 radical (unpaired) electrons. The van der Waals surface area contributed by atoms with Crippen molar-refractivity contribution in [1.82, 2.24) is 9.97 Å². The number of hydrogen-bond donors (Lipinski definition) is 0. The number of anilines is 1. The highest BCUT2D eigenvalue weighted by atomic mass is 79.9. The summed E-state index contributed by atoms with van der Waals surface area (Å²) >= 11 is 9.91. The van der Waals surface area contributed by atoms with Crippen LogP contribution in [-0.2, 0) is 0 Å². The van der Waals surface area contributed by atoms with Gasteiger partial charge in [0.1, 0.15) is 5.75 Å². The average molecular weight is 570 g/mol. The van der Waals surface area contributed by atoms with E-state index in [1.54, 1.807) is 7.11 Å². The van der Waals surface area contributed by atoms with Gasteiger partial charge in [0.15, 0.2) is 0 Å². The Kier molecular flexibility index (Phi) is 6.37. The molecule has 0 bridgehead atoms. The highest BCUT2D eigenvalue weighted by Crippen LogP contribution is 2.40. The van der Waals surface area contributed by atoms with Gasteiger partial charge in [-0.15, -0.1) is 0 Å². The summed E-state index contributed by atoms with van der Waals surface area (Å²) in [6.07, 6.45) is 0.685. The quantitative estimate of drug-likeness (QED) is 0.215. The maximum Gasteiger partial charge on any atom is 0.247 e. The summed E-state index contributed by atoms with van der Waals surface area (Å²) in [5, 5.41) is 8.54. The highest BCUT2D eigenvalue weighted by Gasteiger charge is 2.34. The van der Waals surface area contributed by atoms with Crippen LogP contribution in [0, 0.1) is 0 Å². The number of nitrogens with zero attached hydrogens (tertiary/aromatic N) is 4. The first-order valence-corrected chi connectivity index (χ1v) is 13.1. The first kappa shape index (κ1) is 23.6. The van der Waals surface area contributed by atoms with Gasteiger partial charge >= 0.3 is 0 Å². The Balaban J connectivity index is 1.55. The van der Waals surface area contributed by atoms with Crippen molar-refractivity contribution < 1.29 is 4.74 Å².